The largest absolute Gasteiger partial charge is 0.419 e. The Hall–Kier alpha value is -2.51. The molecule has 0 fully saturated rings. The van der Waals surface area contributed by atoms with Gasteiger partial charge in [0.15, 0.2) is 0 Å². The number of amides is 1. The molecule has 0 unspecified atom stereocenters. The Morgan fingerprint density at radius 2 is 1.86 bits per heavy atom. The van der Waals surface area contributed by atoms with E-state index in [1.807, 2.05) is 22.4 Å². The van der Waals surface area contributed by atoms with Crippen LogP contribution in [0.5, 0.6) is 0 Å². The number of para-hydroxylation sites is 1. The maximum Gasteiger partial charge on any atom is 0.257 e. The van der Waals surface area contributed by atoms with Gasteiger partial charge in [-0.3, -0.25) is 9.69 Å². The van der Waals surface area contributed by atoms with Gasteiger partial charge in [-0.05, 0) is 48.4 Å². The van der Waals surface area contributed by atoms with E-state index in [0.29, 0.717) is 18.3 Å². The molecule has 0 saturated heterocycles. The monoisotopic (exact) mass is 412 g/mol. The molecule has 1 N–H and O–H groups in total. The standard InChI is InChI=1S/C22H28N4O2S/c1-4-12-26(15-20-24-25-22(28-20)18-11-8-13-29-18)14-19(27)23-21-16(5-2)9-7-10-17(21)6-3/h7-11,13H,4-6,12,14-15H2,1-3H3,(H,23,27). The number of rotatable bonds is 10. The summed E-state index contributed by atoms with van der Waals surface area (Å²) in [6, 6.07) is 10.1. The summed E-state index contributed by atoms with van der Waals surface area (Å²) in [4.78, 5) is 15.8. The van der Waals surface area contributed by atoms with Crippen molar-refractivity contribution in [3.8, 4) is 10.8 Å². The summed E-state index contributed by atoms with van der Waals surface area (Å²) in [7, 11) is 0. The van der Waals surface area contributed by atoms with Crippen molar-refractivity contribution in [3.05, 3.63) is 52.7 Å². The van der Waals surface area contributed by atoms with Crippen LogP contribution in [-0.4, -0.2) is 34.1 Å². The van der Waals surface area contributed by atoms with Gasteiger partial charge in [-0.25, -0.2) is 0 Å². The molecule has 7 heteroatoms. The average molecular weight is 413 g/mol. The molecule has 3 aromatic rings. The molecule has 0 saturated carbocycles. The van der Waals surface area contributed by atoms with Crippen LogP contribution in [0.15, 0.2) is 40.1 Å². The van der Waals surface area contributed by atoms with Gasteiger partial charge < -0.3 is 9.73 Å². The molecule has 2 aromatic heterocycles. The summed E-state index contributed by atoms with van der Waals surface area (Å²) in [5.74, 6) is 1.03. The van der Waals surface area contributed by atoms with Gasteiger partial charge in [0.1, 0.15) is 0 Å². The zero-order valence-corrected chi connectivity index (χ0v) is 18.1. The number of nitrogens with one attached hydrogen (secondary N) is 1. The van der Waals surface area contributed by atoms with E-state index in [0.717, 1.165) is 47.5 Å². The fraction of sp³-hybridized carbons (Fsp3) is 0.409. The smallest absolute Gasteiger partial charge is 0.257 e. The van der Waals surface area contributed by atoms with Crippen LogP contribution >= 0.6 is 11.3 Å². The molecule has 0 aliphatic rings. The second-order valence-corrected chi connectivity index (χ2v) is 7.84. The summed E-state index contributed by atoms with van der Waals surface area (Å²) >= 11 is 1.56. The van der Waals surface area contributed by atoms with Crippen molar-refractivity contribution in [3.63, 3.8) is 0 Å². The Kier molecular flexibility index (Phi) is 7.55. The van der Waals surface area contributed by atoms with Crippen LogP contribution in [0.25, 0.3) is 10.8 Å². The van der Waals surface area contributed by atoms with E-state index in [-0.39, 0.29) is 12.5 Å². The minimum absolute atomic E-state index is 0.0213. The molecule has 0 radical (unpaired) electrons. The van der Waals surface area contributed by atoms with E-state index in [2.05, 4.69) is 54.5 Å². The lowest BCUT2D eigenvalue weighted by Gasteiger charge is -2.20. The van der Waals surface area contributed by atoms with E-state index in [4.69, 9.17) is 4.42 Å². The summed E-state index contributed by atoms with van der Waals surface area (Å²) in [5.41, 5.74) is 3.28. The van der Waals surface area contributed by atoms with Gasteiger partial charge in [0.25, 0.3) is 5.89 Å². The fourth-order valence-corrected chi connectivity index (χ4v) is 3.97. The van der Waals surface area contributed by atoms with E-state index >= 15 is 0 Å². The van der Waals surface area contributed by atoms with Crippen LogP contribution in [0, 0.1) is 0 Å². The summed E-state index contributed by atoms with van der Waals surface area (Å²) in [6.07, 6.45) is 2.70. The molecule has 154 valence electrons. The molecule has 0 bridgehead atoms. The van der Waals surface area contributed by atoms with Crippen molar-refractivity contribution < 1.29 is 9.21 Å². The van der Waals surface area contributed by atoms with E-state index < -0.39 is 0 Å². The molecule has 6 nitrogen and oxygen atoms in total. The Morgan fingerprint density at radius 1 is 1.10 bits per heavy atom. The first-order valence-electron chi connectivity index (χ1n) is 10.1. The van der Waals surface area contributed by atoms with Crippen molar-refractivity contribution in [2.45, 2.75) is 46.6 Å². The third-order valence-corrected chi connectivity index (χ3v) is 5.59. The lowest BCUT2D eigenvalue weighted by atomic mass is 10.0. The number of benzene rings is 1. The van der Waals surface area contributed by atoms with Gasteiger partial charge in [-0.1, -0.05) is 45.0 Å². The van der Waals surface area contributed by atoms with Gasteiger partial charge in [0.2, 0.25) is 11.8 Å². The normalized spacial score (nSPS) is 11.2. The summed E-state index contributed by atoms with van der Waals surface area (Å²) < 4.78 is 5.79. The molecule has 1 aromatic carbocycles. The number of thiophene rings is 1. The van der Waals surface area contributed by atoms with Gasteiger partial charge in [-0.2, -0.15) is 0 Å². The molecule has 0 aliphatic carbocycles. The van der Waals surface area contributed by atoms with Crippen LogP contribution in [0.1, 0.15) is 44.2 Å². The molecule has 1 amide bonds. The fourth-order valence-electron chi connectivity index (χ4n) is 3.32. The predicted octanol–water partition coefficient (Wildman–Crippen LogP) is 4.77. The van der Waals surface area contributed by atoms with Crippen molar-refractivity contribution in [2.75, 3.05) is 18.4 Å². The number of aryl methyl sites for hydroxylation is 2. The molecule has 0 spiro atoms. The Morgan fingerprint density at radius 3 is 2.48 bits per heavy atom. The maximum atomic E-state index is 12.8. The highest BCUT2D eigenvalue weighted by atomic mass is 32.1. The Labute approximate surface area is 176 Å². The number of carbonyl (C=O) groups excluding carboxylic acids is 1. The topological polar surface area (TPSA) is 71.3 Å². The number of hydrogen-bond donors (Lipinski definition) is 1. The minimum Gasteiger partial charge on any atom is -0.419 e. The van der Waals surface area contributed by atoms with Crippen LogP contribution in [0.4, 0.5) is 5.69 Å². The van der Waals surface area contributed by atoms with Crippen LogP contribution in [-0.2, 0) is 24.2 Å². The Balaban J connectivity index is 1.67. The Bertz CT molecular complexity index is 899. The van der Waals surface area contributed by atoms with Crippen LogP contribution in [0.2, 0.25) is 0 Å². The van der Waals surface area contributed by atoms with E-state index in [1.165, 1.54) is 0 Å². The van der Waals surface area contributed by atoms with Crippen molar-refractivity contribution in [1.82, 2.24) is 15.1 Å². The third kappa shape index (κ3) is 5.52. The second-order valence-electron chi connectivity index (χ2n) is 6.90. The van der Waals surface area contributed by atoms with Crippen molar-refractivity contribution >= 4 is 22.9 Å². The molecule has 0 atom stereocenters. The lowest BCUT2D eigenvalue weighted by Crippen LogP contribution is -2.34. The third-order valence-electron chi connectivity index (χ3n) is 4.73. The number of hydrogen-bond acceptors (Lipinski definition) is 6. The molecular weight excluding hydrogens is 384 g/mol. The first-order chi connectivity index (χ1) is 14.1. The molecule has 3 rings (SSSR count). The highest BCUT2D eigenvalue weighted by Gasteiger charge is 2.17. The lowest BCUT2D eigenvalue weighted by molar-refractivity contribution is -0.117. The minimum atomic E-state index is -0.0213. The highest BCUT2D eigenvalue weighted by Crippen LogP contribution is 2.24. The predicted molar refractivity (Wildman–Crippen MR) is 117 cm³/mol. The number of nitrogens with zero attached hydrogens (tertiary/aromatic N) is 3. The molecule has 29 heavy (non-hydrogen) atoms. The SMILES string of the molecule is CCCN(CC(=O)Nc1c(CC)cccc1CC)Cc1nnc(-c2cccs2)o1. The number of aromatic nitrogens is 2. The molecule has 0 aliphatic heterocycles. The average Bonchev–Trinajstić information content (AvgIpc) is 3.40. The molecule has 2 heterocycles. The second kappa shape index (κ2) is 10.3. The van der Waals surface area contributed by atoms with Crippen LogP contribution in [0.3, 0.4) is 0 Å². The van der Waals surface area contributed by atoms with E-state index in [1.54, 1.807) is 11.3 Å². The molecular formula is C22H28N4O2S. The first kappa shape index (κ1) is 21.2. The van der Waals surface area contributed by atoms with Gasteiger partial charge in [0.05, 0.1) is 18.0 Å². The van der Waals surface area contributed by atoms with E-state index in [9.17, 15) is 4.79 Å². The summed E-state index contributed by atoms with van der Waals surface area (Å²) in [5, 5.41) is 13.4. The zero-order chi connectivity index (χ0) is 20.6. The van der Waals surface area contributed by atoms with Crippen LogP contribution < -0.4 is 5.32 Å². The maximum absolute atomic E-state index is 12.8. The van der Waals surface area contributed by atoms with Gasteiger partial charge in [-0.15, -0.1) is 21.5 Å². The first-order valence-corrected chi connectivity index (χ1v) is 11.0. The highest BCUT2D eigenvalue weighted by molar-refractivity contribution is 7.13. The van der Waals surface area contributed by atoms with Crippen molar-refractivity contribution in [1.29, 1.82) is 0 Å². The van der Waals surface area contributed by atoms with Gasteiger partial charge in [0, 0.05) is 5.69 Å². The quantitative estimate of drug-likeness (QED) is 0.519. The summed E-state index contributed by atoms with van der Waals surface area (Å²) in [6.45, 7) is 7.82. The number of carbonyl (C=O) groups is 1. The zero-order valence-electron chi connectivity index (χ0n) is 17.3. The van der Waals surface area contributed by atoms with Gasteiger partial charge >= 0.3 is 0 Å². The van der Waals surface area contributed by atoms with Crippen molar-refractivity contribution in [2.24, 2.45) is 0 Å². The number of anilines is 1.